The SMILES string of the molecule is Cn1cc(C(=O)C(C)(Cl)Cl)c(C(F)F)n1. The van der Waals surface area contributed by atoms with E-state index < -0.39 is 22.2 Å². The van der Waals surface area contributed by atoms with Gasteiger partial charge in [0.2, 0.25) is 5.78 Å². The third-order valence-electron chi connectivity index (χ3n) is 1.71. The Balaban J connectivity index is 3.20. The summed E-state index contributed by atoms with van der Waals surface area (Å²) < 4.78 is 24.3. The minimum Gasteiger partial charge on any atom is -0.291 e. The van der Waals surface area contributed by atoms with Crippen LogP contribution >= 0.6 is 23.2 Å². The first-order valence-electron chi connectivity index (χ1n) is 3.97. The van der Waals surface area contributed by atoms with Crippen molar-refractivity contribution in [3.8, 4) is 0 Å². The maximum atomic E-state index is 12.5. The molecule has 1 heterocycles. The predicted molar refractivity (Wildman–Crippen MR) is 52.6 cm³/mol. The molecule has 0 aliphatic heterocycles. The van der Waals surface area contributed by atoms with Gasteiger partial charge in [0.15, 0.2) is 4.33 Å². The highest BCUT2D eigenvalue weighted by atomic mass is 35.5. The highest BCUT2D eigenvalue weighted by molar-refractivity contribution is 6.59. The molecule has 1 rings (SSSR count). The van der Waals surface area contributed by atoms with Gasteiger partial charge in [0.25, 0.3) is 6.43 Å². The van der Waals surface area contributed by atoms with Gasteiger partial charge < -0.3 is 0 Å². The predicted octanol–water partition coefficient (Wildman–Crippen LogP) is 2.73. The Labute approximate surface area is 95.0 Å². The Bertz CT molecular complexity index is 384. The number of rotatable bonds is 3. The van der Waals surface area contributed by atoms with E-state index in [1.165, 1.54) is 20.2 Å². The molecule has 0 saturated carbocycles. The second kappa shape index (κ2) is 4.06. The molecule has 0 saturated heterocycles. The summed E-state index contributed by atoms with van der Waals surface area (Å²) in [5.74, 6) is -0.783. The number of carbonyl (C=O) groups is 1. The summed E-state index contributed by atoms with van der Waals surface area (Å²) in [6.07, 6.45) is -1.66. The van der Waals surface area contributed by atoms with Crippen molar-refractivity contribution in [2.45, 2.75) is 17.7 Å². The van der Waals surface area contributed by atoms with Crippen molar-refractivity contribution in [1.29, 1.82) is 0 Å². The summed E-state index contributed by atoms with van der Waals surface area (Å²) in [4.78, 5) is 11.6. The summed E-state index contributed by atoms with van der Waals surface area (Å²) in [6.45, 7) is 1.22. The lowest BCUT2D eigenvalue weighted by Gasteiger charge is -2.10. The van der Waals surface area contributed by atoms with E-state index in [-0.39, 0.29) is 5.56 Å². The van der Waals surface area contributed by atoms with Gasteiger partial charge in [0, 0.05) is 13.2 Å². The van der Waals surface area contributed by atoms with E-state index in [4.69, 9.17) is 23.2 Å². The van der Waals surface area contributed by atoms with E-state index in [1.807, 2.05) is 0 Å². The number of alkyl halides is 4. The van der Waals surface area contributed by atoms with Gasteiger partial charge in [-0.05, 0) is 6.92 Å². The second-order valence-corrected chi connectivity index (χ2v) is 4.83. The summed E-state index contributed by atoms with van der Waals surface area (Å²) in [5.41, 5.74) is -0.852. The largest absolute Gasteiger partial charge is 0.291 e. The lowest BCUT2D eigenvalue weighted by Crippen LogP contribution is -2.22. The van der Waals surface area contributed by atoms with Crippen molar-refractivity contribution >= 4 is 29.0 Å². The van der Waals surface area contributed by atoms with Gasteiger partial charge in [-0.2, -0.15) is 5.10 Å². The molecule has 0 aromatic carbocycles. The monoisotopic (exact) mass is 256 g/mol. The van der Waals surface area contributed by atoms with Gasteiger partial charge in [-0.1, -0.05) is 23.2 Å². The molecule has 0 aliphatic rings. The molecule has 0 radical (unpaired) electrons. The molecule has 0 unspecified atom stereocenters. The van der Waals surface area contributed by atoms with Gasteiger partial charge in [0.1, 0.15) is 5.69 Å². The van der Waals surface area contributed by atoms with Gasteiger partial charge in [-0.3, -0.25) is 9.48 Å². The highest BCUT2D eigenvalue weighted by Gasteiger charge is 2.33. The zero-order chi connectivity index (χ0) is 11.8. The Morgan fingerprint density at radius 1 is 1.60 bits per heavy atom. The molecule has 0 spiro atoms. The van der Waals surface area contributed by atoms with E-state index in [9.17, 15) is 13.6 Å². The molecule has 0 atom stereocenters. The standard InChI is InChI=1S/C8H8Cl2F2N2O/c1-8(9,10)6(15)4-3-14(2)13-5(4)7(11)12/h3,7H,1-2H3. The minimum absolute atomic E-state index is 0.250. The molecule has 1 aromatic rings. The van der Waals surface area contributed by atoms with Crippen molar-refractivity contribution in [2.24, 2.45) is 7.05 Å². The zero-order valence-corrected chi connectivity index (χ0v) is 9.48. The summed E-state index contributed by atoms with van der Waals surface area (Å²) in [6, 6.07) is 0. The van der Waals surface area contributed by atoms with Gasteiger partial charge >= 0.3 is 0 Å². The first-order valence-corrected chi connectivity index (χ1v) is 4.73. The number of hydrogen-bond donors (Lipinski definition) is 0. The molecular weight excluding hydrogens is 249 g/mol. The molecule has 84 valence electrons. The summed E-state index contributed by atoms with van der Waals surface area (Å²) in [5, 5.41) is 3.47. The fourth-order valence-corrected chi connectivity index (χ4v) is 1.28. The molecule has 1 aromatic heterocycles. The van der Waals surface area contributed by atoms with Crippen molar-refractivity contribution in [3.63, 3.8) is 0 Å². The van der Waals surface area contributed by atoms with E-state index in [0.29, 0.717) is 0 Å². The van der Waals surface area contributed by atoms with Crippen LogP contribution in [0.4, 0.5) is 8.78 Å². The topological polar surface area (TPSA) is 34.9 Å². The van der Waals surface area contributed by atoms with Crippen molar-refractivity contribution in [3.05, 3.63) is 17.5 Å². The number of halogens is 4. The second-order valence-electron chi connectivity index (χ2n) is 3.12. The summed E-state index contributed by atoms with van der Waals surface area (Å²) >= 11 is 11.1. The van der Waals surface area contributed by atoms with Crippen LogP contribution in [-0.2, 0) is 7.05 Å². The molecule has 7 heteroatoms. The van der Waals surface area contributed by atoms with E-state index in [0.717, 1.165) is 4.68 Å². The smallest absolute Gasteiger partial charge is 0.282 e. The fourth-order valence-electron chi connectivity index (χ4n) is 1.08. The third-order valence-corrected chi connectivity index (χ3v) is 2.05. The Morgan fingerprint density at radius 2 is 2.13 bits per heavy atom. The zero-order valence-electron chi connectivity index (χ0n) is 7.97. The Kier molecular flexibility index (Phi) is 3.35. The van der Waals surface area contributed by atoms with Crippen LogP contribution in [0, 0.1) is 0 Å². The van der Waals surface area contributed by atoms with Crippen LogP contribution in [0.2, 0.25) is 0 Å². The van der Waals surface area contributed by atoms with Crippen molar-refractivity contribution in [1.82, 2.24) is 9.78 Å². The first-order chi connectivity index (χ1) is 6.73. The molecule has 0 bridgehead atoms. The average Bonchev–Trinajstić information content (AvgIpc) is 2.44. The summed E-state index contributed by atoms with van der Waals surface area (Å²) in [7, 11) is 1.43. The Hall–Kier alpha value is -0.680. The van der Waals surface area contributed by atoms with Crippen LogP contribution in [-0.4, -0.2) is 19.9 Å². The fraction of sp³-hybridized carbons (Fsp3) is 0.500. The molecule has 0 fully saturated rings. The maximum Gasteiger partial charge on any atom is 0.282 e. The quantitative estimate of drug-likeness (QED) is 0.616. The molecule has 15 heavy (non-hydrogen) atoms. The number of Topliss-reactive ketones (excluding diaryl/α,β-unsaturated/α-hetero) is 1. The van der Waals surface area contributed by atoms with Gasteiger partial charge in [-0.15, -0.1) is 0 Å². The van der Waals surface area contributed by atoms with Crippen LogP contribution in [0.25, 0.3) is 0 Å². The lowest BCUT2D eigenvalue weighted by molar-refractivity contribution is 0.0963. The number of aryl methyl sites for hydroxylation is 1. The number of hydrogen-bond acceptors (Lipinski definition) is 2. The first kappa shape index (κ1) is 12.4. The molecule has 3 nitrogen and oxygen atoms in total. The number of ketones is 1. The molecule has 0 amide bonds. The van der Waals surface area contributed by atoms with Gasteiger partial charge in [0.05, 0.1) is 5.56 Å². The van der Waals surface area contributed by atoms with Crippen LogP contribution in [0.15, 0.2) is 6.20 Å². The lowest BCUT2D eigenvalue weighted by atomic mass is 10.1. The van der Waals surface area contributed by atoms with E-state index in [2.05, 4.69) is 5.10 Å². The van der Waals surface area contributed by atoms with Crippen LogP contribution in [0.3, 0.4) is 0 Å². The molecular formula is C8H8Cl2F2N2O. The normalized spacial score (nSPS) is 12.2. The van der Waals surface area contributed by atoms with Crippen molar-refractivity contribution < 1.29 is 13.6 Å². The van der Waals surface area contributed by atoms with Crippen LogP contribution in [0.5, 0.6) is 0 Å². The number of carbonyl (C=O) groups excluding carboxylic acids is 1. The van der Waals surface area contributed by atoms with E-state index >= 15 is 0 Å². The minimum atomic E-state index is -2.83. The van der Waals surface area contributed by atoms with Gasteiger partial charge in [-0.25, -0.2) is 8.78 Å². The van der Waals surface area contributed by atoms with Crippen LogP contribution in [0.1, 0.15) is 29.4 Å². The number of aromatic nitrogens is 2. The molecule has 0 N–H and O–H groups in total. The van der Waals surface area contributed by atoms with Crippen LogP contribution < -0.4 is 0 Å². The Morgan fingerprint density at radius 3 is 2.53 bits per heavy atom. The third kappa shape index (κ3) is 2.66. The number of nitrogens with zero attached hydrogens (tertiary/aromatic N) is 2. The highest BCUT2D eigenvalue weighted by Crippen LogP contribution is 2.29. The van der Waals surface area contributed by atoms with Crippen molar-refractivity contribution in [2.75, 3.05) is 0 Å². The van der Waals surface area contributed by atoms with E-state index in [1.54, 1.807) is 0 Å². The average molecular weight is 257 g/mol. The molecule has 0 aliphatic carbocycles. The maximum absolute atomic E-state index is 12.5.